The second-order valence-corrected chi connectivity index (χ2v) is 4.31. The Morgan fingerprint density at radius 2 is 2.33 bits per heavy atom. The lowest BCUT2D eigenvalue weighted by Gasteiger charge is -2.00. The molecule has 0 aliphatic rings. The highest BCUT2D eigenvalue weighted by molar-refractivity contribution is 7.16. The molecule has 78 valence electrons. The molecule has 0 amide bonds. The summed E-state index contributed by atoms with van der Waals surface area (Å²) in [4.78, 5) is 10.7. The molecule has 2 aromatic rings. The van der Waals surface area contributed by atoms with Gasteiger partial charge in [0.05, 0.1) is 20.5 Å². The Bertz CT molecular complexity index is 572. The summed E-state index contributed by atoms with van der Waals surface area (Å²) in [5, 5.41) is 6.77. The first-order chi connectivity index (χ1) is 7.27. The standard InChI is InChI=1S/C9H8ClN3OS/c1-2-13-8-6(10)4-3-5-7(8)15-9(13)11-12-14/h3-5H,2H2,1H3/b11-9+. The number of nitrogens with zero attached hydrogens (tertiary/aromatic N) is 3. The molecule has 0 saturated heterocycles. The number of para-hydroxylation sites is 1. The fourth-order valence-electron chi connectivity index (χ4n) is 1.49. The first kappa shape index (κ1) is 10.3. The average molecular weight is 242 g/mol. The highest BCUT2D eigenvalue weighted by Crippen LogP contribution is 2.25. The van der Waals surface area contributed by atoms with E-state index in [-0.39, 0.29) is 0 Å². The van der Waals surface area contributed by atoms with Crippen LogP contribution in [0, 0.1) is 4.91 Å². The lowest BCUT2D eigenvalue weighted by molar-refractivity contribution is 0.755. The van der Waals surface area contributed by atoms with E-state index in [2.05, 4.69) is 10.4 Å². The minimum Gasteiger partial charge on any atom is -0.314 e. The summed E-state index contributed by atoms with van der Waals surface area (Å²) in [6, 6.07) is 5.64. The third-order valence-electron chi connectivity index (χ3n) is 2.09. The van der Waals surface area contributed by atoms with Gasteiger partial charge in [-0.25, -0.2) is 0 Å². The van der Waals surface area contributed by atoms with Crippen molar-refractivity contribution in [2.75, 3.05) is 0 Å². The molecule has 0 aliphatic carbocycles. The summed E-state index contributed by atoms with van der Waals surface area (Å²) in [5.74, 6) is 0. The molecule has 0 bridgehead atoms. The Kier molecular flexibility index (Phi) is 2.83. The summed E-state index contributed by atoms with van der Waals surface area (Å²) in [7, 11) is 0. The molecule has 6 heteroatoms. The van der Waals surface area contributed by atoms with E-state index in [9.17, 15) is 4.91 Å². The van der Waals surface area contributed by atoms with Crippen LogP contribution < -0.4 is 4.80 Å². The lowest BCUT2D eigenvalue weighted by Crippen LogP contribution is -2.12. The molecule has 0 N–H and O–H groups in total. The van der Waals surface area contributed by atoms with Crippen LogP contribution >= 0.6 is 22.9 Å². The Morgan fingerprint density at radius 3 is 3.00 bits per heavy atom. The largest absolute Gasteiger partial charge is 0.314 e. The zero-order valence-corrected chi connectivity index (χ0v) is 9.55. The van der Waals surface area contributed by atoms with E-state index in [1.165, 1.54) is 11.3 Å². The fraction of sp³-hybridized carbons (Fsp3) is 0.222. The highest BCUT2D eigenvalue weighted by Gasteiger charge is 2.07. The van der Waals surface area contributed by atoms with Crippen molar-refractivity contribution < 1.29 is 0 Å². The van der Waals surface area contributed by atoms with Gasteiger partial charge in [-0.05, 0) is 19.1 Å². The van der Waals surface area contributed by atoms with Crippen LogP contribution in [0.15, 0.2) is 28.6 Å². The average Bonchev–Trinajstić information content (AvgIpc) is 2.57. The van der Waals surface area contributed by atoms with Crippen molar-refractivity contribution in [1.82, 2.24) is 4.57 Å². The summed E-state index contributed by atoms with van der Waals surface area (Å²) < 4.78 is 2.88. The first-order valence-corrected chi connectivity index (χ1v) is 5.61. The molecule has 0 radical (unpaired) electrons. The minimum atomic E-state index is 0.579. The topological polar surface area (TPSA) is 46.7 Å². The normalized spacial score (nSPS) is 12.3. The number of rotatable bonds is 2. The van der Waals surface area contributed by atoms with Crippen molar-refractivity contribution in [2.24, 2.45) is 10.4 Å². The van der Waals surface area contributed by atoms with Crippen LogP contribution in [0.1, 0.15) is 6.92 Å². The second kappa shape index (κ2) is 4.12. The third kappa shape index (κ3) is 1.68. The first-order valence-electron chi connectivity index (χ1n) is 4.42. The number of nitroso groups, excluding NO2 is 1. The predicted octanol–water partition coefficient (Wildman–Crippen LogP) is 2.96. The van der Waals surface area contributed by atoms with E-state index in [4.69, 9.17) is 11.6 Å². The van der Waals surface area contributed by atoms with Crippen LogP contribution in [-0.2, 0) is 6.54 Å². The molecular formula is C9H8ClN3OS. The van der Waals surface area contributed by atoms with Gasteiger partial charge in [0.25, 0.3) is 0 Å². The van der Waals surface area contributed by atoms with E-state index in [0.717, 1.165) is 10.2 Å². The number of fused-ring (bicyclic) bond motifs is 1. The molecule has 2 rings (SSSR count). The fourth-order valence-corrected chi connectivity index (χ4v) is 2.89. The number of halogens is 1. The summed E-state index contributed by atoms with van der Waals surface area (Å²) in [6.07, 6.45) is 0. The molecule has 1 aromatic carbocycles. The third-order valence-corrected chi connectivity index (χ3v) is 3.43. The van der Waals surface area contributed by atoms with Crippen molar-refractivity contribution in [2.45, 2.75) is 13.5 Å². The van der Waals surface area contributed by atoms with Gasteiger partial charge >= 0.3 is 0 Å². The Balaban J connectivity index is 2.92. The van der Waals surface area contributed by atoms with Gasteiger partial charge in [-0.3, -0.25) is 0 Å². The van der Waals surface area contributed by atoms with Crippen LogP contribution in [-0.4, -0.2) is 4.57 Å². The SMILES string of the molecule is CCn1/c(=N\N=O)sc2cccc(Cl)c21. The maximum atomic E-state index is 10.1. The van der Waals surface area contributed by atoms with E-state index in [0.29, 0.717) is 16.4 Å². The molecule has 0 fully saturated rings. The zero-order chi connectivity index (χ0) is 10.8. The zero-order valence-electron chi connectivity index (χ0n) is 7.98. The van der Waals surface area contributed by atoms with Crippen molar-refractivity contribution in [3.63, 3.8) is 0 Å². The van der Waals surface area contributed by atoms with Crippen molar-refractivity contribution in [1.29, 1.82) is 0 Å². The monoisotopic (exact) mass is 241 g/mol. The number of thiazole rings is 1. The van der Waals surface area contributed by atoms with Gasteiger partial charge in [0.2, 0.25) is 4.80 Å². The van der Waals surface area contributed by atoms with Gasteiger partial charge in [0.1, 0.15) is 0 Å². The number of hydrogen-bond donors (Lipinski definition) is 0. The number of aromatic nitrogens is 1. The van der Waals surface area contributed by atoms with Gasteiger partial charge in [-0.1, -0.05) is 34.1 Å². The van der Waals surface area contributed by atoms with Gasteiger partial charge in [0.15, 0.2) is 0 Å². The Labute approximate surface area is 94.8 Å². The number of benzene rings is 1. The van der Waals surface area contributed by atoms with Crippen LogP contribution in [0.25, 0.3) is 10.2 Å². The summed E-state index contributed by atoms with van der Waals surface area (Å²) in [5.41, 5.74) is 0.911. The maximum Gasteiger partial charge on any atom is 0.215 e. The minimum absolute atomic E-state index is 0.579. The second-order valence-electron chi connectivity index (χ2n) is 2.90. The quantitative estimate of drug-likeness (QED) is 0.589. The van der Waals surface area contributed by atoms with Crippen molar-refractivity contribution in [3.05, 3.63) is 32.9 Å². The molecule has 1 aromatic heterocycles. The Hall–Kier alpha value is -1.20. The summed E-state index contributed by atoms with van der Waals surface area (Å²) in [6.45, 7) is 2.68. The van der Waals surface area contributed by atoms with Crippen LogP contribution in [0.3, 0.4) is 0 Å². The maximum absolute atomic E-state index is 10.1. The molecule has 0 spiro atoms. The van der Waals surface area contributed by atoms with Crippen LogP contribution in [0.4, 0.5) is 0 Å². The molecule has 0 saturated carbocycles. The molecular weight excluding hydrogens is 234 g/mol. The lowest BCUT2D eigenvalue weighted by atomic mass is 10.3. The van der Waals surface area contributed by atoms with Crippen molar-refractivity contribution in [3.8, 4) is 0 Å². The van der Waals surface area contributed by atoms with Gasteiger partial charge in [-0.15, -0.1) is 4.91 Å². The van der Waals surface area contributed by atoms with Gasteiger partial charge < -0.3 is 4.57 Å². The molecule has 0 unspecified atom stereocenters. The number of hydrogen-bond acceptors (Lipinski definition) is 3. The van der Waals surface area contributed by atoms with E-state index in [1.54, 1.807) is 0 Å². The molecule has 0 atom stereocenters. The Morgan fingerprint density at radius 1 is 1.53 bits per heavy atom. The predicted molar refractivity (Wildman–Crippen MR) is 61.9 cm³/mol. The molecule has 1 heterocycles. The van der Waals surface area contributed by atoms with Crippen LogP contribution in [0.5, 0.6) is 0 Å². The van der Waals surface area contributed by atoms with Crippen LogP contribution in [0.2, 0.25) is 5.02 Å². The molecule has 4 nitrogen and oxygen atoms in total. The van der Waals surface area contributed by atoms with Gasteiger partial charge in [0, 0.05) is 6.54 Å². The molecule has 15 heavy (non-hydrogen) atoms. The van der Waals surface area contributed by atoms with Gasteiger partial charge in [-0.2, -0.15) is 0 Å². The smallest absolute Gasteiger partial charge is 0.215 e. The highest BCUT2D eigenvalue weighted by atomic mass is 35.5. The van der Waals surface area contributed by atoms with Crippen molar-refractivity contribution >= 4 is 33.2 Å². The van der Waals surface area contributed by atoms with E-state index in [1.807, 2.05) is 29.7 Å². The summed E-state index contributed by atoms with van der Waals surface area (Å²) >= 11 is 7.50. The number of aryl methyl sites for hydroxylation is 1. The molecule has 0 aliphatic heterocycles. The van der Waals surface area contributed by atoms with E-state index >= 15 is 0 Å². The van der Waals surface area contributed by atoms with E-state index < -0.39 is 0 Å².